The van der Waals surface area contributed by atoms with E-state index in [1.54, 1.807) is 0 Å². The minimum Gasteiger partial charge on any atom is -0.0776 e. The van der Waals surface area contributed by atoms with Crippen LogP contribution in [0.15, 0.2) is 0 Å². The molecule has 0 amide bonds. The van der Waals surface area contributed by atoms with Crippen molar-refractivity contribution >= 4 is 0 Å². The van der Waals surface area contributed by atoms with Gasteiger partial charge in [-0.25, -0.2) is 0 Å². The molecule has 0 unspecified atom stereocenters. The Morgan fingerprint density at radius 2 is 1.11 bits per heavy atom. The minimum absolute atomic E-state index is 0. The van der Waals surface area contributed by atoms with Gasteiger partial charge in [-0.3, -0.25) is 0 Å². The summed E-state index contributed by atoms with van der Waals surface area (Å²) in [6, 6.07) is 0. The van der Waals surface area contributed by atoms with Gasteiger partial charge in [0.25, 0.3) is 0 Å². The highest BCUT2D eigenvalue weighted by Crippen LogP contribution is 2.28. The van der Waals surface area contributed by atoms with Gasteiger partial charge < -0.3 is 0 Å². The normalized spacial score (nSPS) is 10.7. The van der Waals surface area contributed by atoms with Crippen LogP contribution in [0.5, 0.6) is 0 Å². The average Bonchev–Trinajstić information content (AvgIpc) is 1.87. The van der Waals surface area contributed by atoms with Crippen molar-refractivity contribution in [1.82, 2.24) is 0 Å². The van der Waals surface area contributed by atoms with Crippen LogP contribution in [-0.4, -0.2) is 0 Å². The minimum atomic E-state index is 0. The zero-order valence-electron chi connectivity index (χ0n) is 6.62. The Morgan fingerprint density at radius 1 is 0.889 bits per heavy atom. The fraction of sp³-hybridized carbons (Fsp3) is 1.00. The summed E-state index contributed by atoms with van der Waals surface area (Å²) in [5.74, 6) is 0. The Balaban J connectivity index is 0. The number of hydrogen-bond donors (Lipinski definition) is 0. The summed E-state index contributed by atoms with van der Waals surface area (Å²) >= 11 is 0. The van der Waals surface area contributed by atoms with E-state index in [2.05, 4.69) is 27.7 Å². The molecule has 0 nitrogen and oxygen atoms in total. The van der Waals surface area contributed by atoms with Crippen LogP contribution in [0.3, 0.4) is 0 Å². The second-order valence-electron chi connectivity index (χ2n) is 2.87. The summed E-state index contributed by atoms with van der Waals surface area (Å²) in [5, 5.41) is 0. The van der Waals surface area contributed by atoms with Gasteiger partial charge in [0.2, 0.25) is 0 Å². The first-order valence-corrected chi connectivity index (χ1v) is 3.68. The fourth-order valence-corrected chi connectivity index (χ4v) is 0.750. The molecule has 0 aliphatic carbocycles. The Bertz CT molecular complexity index is 42.8. The maximum atomic E-state index is 2.35. The molecule has 0 saturated heterocycles. The predicted octanol–water partition coefficient (Wildman–Crippen LogP) is 3.86. The molecule has 58 valence electrons. The van der Waals surface area contributed by atoms with E-state index in [4.69, 9.17) is 0 Å². The van der Waals surface area contributed by atoms with E-state index in [1.807, 2.05) is 0 Å². The maximum Gasteiger partial charge on any atom is -0.0334 e. The van der Waals surface area contributed by atoms with Gasteiger partial charge >= 0.3 is 0 Å². The largest absolute Gasteiger partial charge is 0.0776 e. The van der Waals surface area contributed by atoms with Crippen LogP contribution in [0.25, 0.3) is 0 Å². The first kappa shape index (κ1) is 11.8. The molecule has 0 aromatic carbocycles. The van der Waals surface area contributed by atoms with Crippen LogP contribution in [-0.2, 0) is 0 Å². The molecule has 0 aromatic heterocycles. The van der Waals surface area contributed by atoms with Crippen molar-refractivity contribution in [2.45, 2.75) is 54.4 Å². The van der Waals surface area contributed by atoms with Crippen molar-refractivity contribution in [3.05, 3.63) is 0 Å². The molecule has 0 aliphatic rings. The summed E-state index contributed by atoms with van der Waals surface area (Å²) in [7, 11) is 0. The summed E-state index contributed by atoms with van der Waals surface area (Å²) in [6.07, 6.45) is 3.96. The molecule has 0 radical (unpaired) electrons. The second-order valence-corrected chi connectivity index (χ2v) is 2.87. The third-order valence-electron chi connectivity index (χ3n) is 2.56. The Kier molecular flexibility index (Phi) is 6.32. The maximum absolute atomic E-state index is 2.35. The van der Waals surface area contributed by atoms with E-state index in [9.17, 15) is 0 Å². The van der Waals surface area contributed by atoms with Crippen molar-refractivity contribution < 1.29 is 0 Å². The number of hydrogen-bond acceptors (Lipinski definition) is 0. The highest BCUT2D eigenvalue weighted by Gasteiger charge is 2.15. The lowest BCUT2D eigenvalue weighted by molar-refractivity contribution is 0.286. The van der Waals surface area contributed by atoms with Crippen molar-refractivity contribution in [1.29, 1.82) is 0 Å². The summed E-state index contributed by atoms with van der Waals surface area (Å²) in [4.78, 5) is 0. The third-order valence-corrected chi connectivity index (χ3v) is 2.56. The quantitative estimate of drug-likeness (QED) is 0.544. The van der Waals surface area contributed by atoms with Gasteiger partial charge in [0.1, 0.15) is 0 Å². The molecular weight excluding hydrogens is 108 g/mol. The molecule has 0 bridgehead atoms. The van der Waals surface area contributed by atoms with Crippen LogP contribution < -0.4 is 0 Å². The lowest BCUT2D eigenvalue weighted by Crippen LogP contribution is -2.10. The zero-order valence-corrected chi connectivity index (χ0v) is 6.62. The van der Waals surface area contributed by atoms with E-state index >= 15 is 0 Å². The van der Waals surface area contributed by atoms with E-state index in [0.717, 1.165) is 0 Å². The highest BCUT2D eigenvalue weighted by atomic mass is 14.2. The van der Waals surface area contributed by atoms with Crippen LogP contribution in [0.2, 0.25) is 0 Å². The molecule has 0 saturated carbocycles. The van der Waals surface area contributed by atoms with Gasteiger partial charge in [0, 0.05) is 0 Å². The van der Waals surface area contributed by atoms with Crippen LogP contribution in [0.4, 0.5) is 0 Å². The summed E-state index contributed by atoms with van der Waals surface area (Å²) in [5.41, 5.74) is 0.625. The molecule has 0 aromatic rings. The van der Waals surface area contributed by atoms with Crippen LogP contribution in [0, 0.1) is 5.41 Å². The fourth-order valence-electron chi connectivity index (χ4n) is 0.750. The van der Waals surface area contributed by atoms with Gasteiger partial charge in [-0.05, 0) is 5.41 Å². The summed E-state index contributed by atoms with van der Waals surface area (Å²) in [6.45, 7) is 9.17. The smallest absolute Gasteiger partial charge is 0.0334 e. The van der Waals surface area contributed by atoms with Crippen molar-refractivity contribution in [3.8, 4) is 0 Å². The third kappa shape index (κ3) is 3.56. The molecule has 0 fully saturated rings. The average molecular weight is 130 g/mol. The molecular formula is C9H22. The van der Waals surface area contributed by atoms with Gasteiger partial charge in [0.15, 0.2) is 0 Å². The molecule has 0 atom stereocenters. The van der Waals surface area contributed by atoms with Gasteiger partial charge in [-0.1, -0.05) is 54.4 Å². The first-order chi connectivity index (χ1) is 3.68. The van der Waals surface area contributed by atoms with E-state index in [-0.39, 0.29) is 7.43 Å². The second kappa shape index (κ2) is 4.84. The molecule has 0 heterocycles. The monoisotopic (exact) mass is 130 g/mol. The molecule has 0 rings (SSSR count). The van der Waals surface area contributed by atoms with E-state index in [0.29, 0.717) is 5.41 Å². The van der Waals surface area contributed by atoms with E-state index < -0.39 is 0 Å². The highest BCUT2D eigenvalue weighted by molar-refractivity contribution is 4.67. The Morgan fingerprint density at radius 3 is 1.11 bits per heavy atom. The number of rotatable bonds is 3. The first-order valence-electron chi connectivity index (χ1n) is 3.68. The topological polar surface area (TPSA) is 0 Å². The lowest BCUT2D eigenvalue weighted by atomic mass is 9.82. The van der Waals surface area contributed by atoms with Gasteiger partial charge in [-0.2, -0.15) is 0 Å². The van der Waals surface area contributed by atoms with Crippen LogP contribution in [0.1, 0.15) is 54.4 Å². The zero-order chi connectivity index (χ0) is 6.62. The Labute approximate surface area is 60.7 Å². The van der Waals surface area contributed by atoms with Gasteiger partial charge in [-0.15, -0.1) is 0 Å². The summed E-state index contributed by atoms with van der Waals surface area (Å²) < 4.78 is 0. The molecule has 0 aliphatic heterocycles. The predicted molar refractivity (Wildman–Crippen MR) is 45.7 cm³/mol. The van der Waals surface area contributed by atoms with Crippen molar-refractivity contribution in [2.24, 2.45) is 5.41 Å². The molecule has 0 N–H and O–H groups in total. The molecule has 9 heavy (non-hydrogen) atoms. The standard InChI is InChI=1S/C8H18.CH4/c1-5-8(4,6-2)7-3;/h5-7H2,1-4H3;1H4. The van der Waals surface area contributed by atoms with Gasteiger partial charge in [0.05, 0.1) is 0 Å². The molecule has 0 spiro atoms. The van der Waals surface area contributed by atoms with Crippen LogP contribution >= 0.6 is 0 Å². The lowest BCUT2D eigenvalue weighted by Gasteiger charge is -2.23. The van der Waals surface area contributed by atoms with Crippen molar-refractivity contribution in [2.75, 3.05) is 0 Å². The Hall–Kier alpha value is 0. The molecule has 0 heteroatoms. The SMILES string of the molecule is C.CCC(C)(CC)CC. The van der Waals surface area contributed by atoms with E-state index in [1.165, 1.54) is 19.3 Å². The van der Waals surface area contributed by atoms with Crippen molar-refractivity contribution in [3.63, 3.8) is 0 Å².